The van der Waals surface area contributed by atoms with Crippen LogP contribution >= 0.6 is 0 Å². The van der Waals surface area contributed by atoms with Gasteiger partial charge in [0.15, 0.2) is 0 Å². The van der Waals surface area contributed by atoms with Gasteiger partial charge in [-0.05, 0) is 25.1 Å². The molecule has 0 atom stereocenters. The molecular weight excluding hydrogens is 340 g/mol. The number of hydrogen-bond donors (Lipinski definition) is 0. The Labute approximate surface area is 158 Å². The van der Waals surface area contributed by atoms with Crippen LogP contribution in [0.1, 0.15) is 5.69 Å². The molecule has 1 aliphatic rings. The fraction of sp³-hybridized carbons (Fsp3) is 0.333. The Morgan fingerprint density at radius 2 is 1.96 bits per heavy atom. The molecule has 1 fully saturated rings. The minimum atomic E-state index is -0.00547. The lowest BCUT2D eigenvalue weighted by Crippen LogP contribution is -2.48. The molecule has 1 aliphatic heterocycles. The number of benzene rings is 1. The number of aromatic nitrogens is 2. The molecule has 3 heterocycles. The third kappa shape index (κ3) is 2.72. The lowest BCUT2D eigenvalue weighted by atomic mass is 10.1. The highest BCUT2D eigenvalue weighted by Crippen LogP contribution is 2.38. The van der Waals surface area contributed by atoms with E-state index in [1.807, 2.05) is 18.0 Å². The van der Waals surface area contributed by atoms with Gasteiger partial charge in [-0.2, -0.15) is 0 Å². The molecule has 6 nitrogen and oxygen atoms in total. The summed E-state index contributed by atoms with van der Waals surface area (Å²) in [4.78, 5) is 20.4. The minimum Gasteiger partial charge on any atom is -0.495 e. The fourth-order valence-electron chi connectivity index (χ4n) is 4.08. The van der Waals surface area contributed by atoms with Gasteiger partial charge < -0.3 is 19.1 Å². The van der Waals surface area contributed by atoms with Crippen LogP contribution in [0.15, 0.2) is 37.1 Å². The number of amides is 1. The van der Waals surface area contributed by atoms with E-state index in [2.05, 4.69) is 46.3 Å². The molecule has 0 radical (unpaired) electrons. The van der Waals surface area contributed by atoms with Crippen LogP contribution in [-0.2, 0) is 11.8 Å². The number of carbonyl (C=O) groups is 1. The second-order valence-corrected chi connectivity index (χ2v) is 6.91. The molecule has 0 spiro atoms. The maximum Gasteiger partial charge on any atom is 0.246 e. The van der Waals surface area contributed by atoms with E-state index in [1.54, 1.807) is 7.11 Å². The zero-order valence-electron chi connectivity index (χ0n) is 16.0. The van der Waals surface area contributed by atoms with E-state index in [9.17, 15) is 4.79 Å². The van der Waals surface area contributed by atoms with Crippen LogP contribution in [0.4, 0.5) is 5.69 Å². The van der Waals surface area contributed by atoms with Crippen molar-refractivity contribution < 1.29 is 9.53 Å². The molecule has 1 amide bonds. The number of aryl methyl sites for hydroxylation is 2. The number of anilines is 1. The van der Waals surface area contributed by atoms with Gasteiger partial charge in [-0.15, -0.1) is 0 Å². The summed E-state index contributed by atoms with van der Waals surface area (Å²) in [6, 6.07) is 6.38. The smallest absolute Gasteiger partial charge is 0.246 e. The minimum absolute atomic E-state index is 0.00547. The summed E-state index contributed by atoms with van der Waals surface area (Å²) in [5, 5.41) is 2.39. The lowest BCUT2D eigenvalue weighted by Gasteiger charge is -2.36. The number of fused-ring (bicyclic) bond motifs is 3. The number of nitrogens with zero attached hydrogens (tertiary/aromatic N) is 4. The molecule has 0 unspecified atom stereocenters. The third-order valence-corrected chi connectivity index (χ3v) is 5.50. The number of pyridine rings is 1. The Balaban J connectivity index is 1.79. The summed E-state index contributed by atoms with van der Waals surface area (Å²) in [7, 11) is 3.77. The van der Waals surface area contributed by atoms with Crippen LogP contribution in [0.25, 0.3) is 21.8 Å². The van der Waals surface area contributed by atoms with Crippen molar-refractivity contribution >= 4 is 33.4 Å². The summed E-state index contributed by atoms with van der Waals surface area (Å²) in [6.45, 7) is 8.53. The van der Waals surface area contributed by atoms with Crippen molar-refractivity contribution in [2.24, 2.45) is 7.05 Å². The largest absolute Gasteiger partial charge is 0.495 e. The summed E-state index contributed by atoms with van der Waals surface area (Å²) in [5.41, 5.74) is 4.36. The third-order valence-electron chi connectivity index (χ3n) is 5.50. The van der Waals surface area contributed by atoms with Crippen LogP contribution in [0.3, 0.4) is 0 Å². The number of hydrogen-bond acceptors (Lipinski definition) is 4. The van der Waals surface area contributed by atoms with Gasteiger partial charge in [-0.1, -0.05) is 6.58 Å². The van der Waals surface area contributed by atoms with Gasteiger partial charge in [-0.25, -0.2) is 0 Å². The first-order valence-electron chi connectivity index (χ1n) is 9.13. The van der Waals surface area contributed by atoms with Gasteiger partial charge in [0.05, 0.1) is 29.5 Å². The molecule has 1 aromatic carbocycles. The van der Waals surface area contributed by atoms with Gasteiger partial charge in [0.25, 0.3) is 0 Å². The van der Waals surface area contributed by atoms with Crippen LogP contribution in [0, 0.1) is 6.92 Å². The molecule has 0 N–H and O–H groups in total. The van der Waals surface area contributed by atoms with E-state index in [4.69, 9.17) is 4.74 Å². The predicted octanol–water partition coefficient (Wildman–Crippen LogP) is 2.88. The SMILES string of the molecule is C=CC(=O)N1CCN(c2cc3c4ccnc(C)c4n(C)c3cc2OC)CC1. The highest BCUT2D eigenvalue weighted by Gasteiger charge is 2.23. The highest BCUT2D eigenvalue weighted by atomic mass is 16.5. The standard InChI is InChI=1S/C21H24N4O2/c1-5-20(26)25-10-8-24(9-11-25)18-12-16-15-6-7-22-14(2)21(15)23(3)17(16)13-19(18)27-4/h5-7,12-13H,1,8-11H2,2-4H3. The molecule has 27 heavy (non-hydrogen) atoms. The van der Waals surface area contributed by atoms with Gasteiger partial charge in [0, 0.05) is 56.3 Å². The second-order valence-electron chi connectivity index (χ2n) is 6.91. The van der Waals surface area contributed by atoms with Crippen molar-refractivity contribution in [2.45, 2.75) is 6.92 Å². The fourth-order valence-corrected chi connectivity index (χ4v) is 4.08. The van der Waals surface area contributed by atoms with E-state index in [0.29, 0.717) is 13.1 Å². The lowest BCUT2D eigenvalue weighted by molar-refractivity contribution is -0.126. The van der Waals surface area contributed by atoms with Gasteiger partial charge >= 0.3 is 0 Å². The van der Waals surface area contributed by atoms with E-state index in [0.717, 1.165) is 41.3 Å². The molecule has 2 aromatic heterocycles. The molecule has 6 heteroatoms. The van der Waals surface area contributed by atoms with Crippen molar-refractivity contribution in [3.63, 3.8) is 0 Å². The molecular formula is C21H24N4O2. The van der Waals surface area contributed by atoms with Crippen LogP contribution < -0.4 is 9.64 Å². The quantitative estimate of drug-likeness (QED) is 0.671. The first kappa shape index (κ1) is 17.4. The van der Waals surface area contributed by atoms with Crippen LogP contribution in [-0.4, -0.2) is 53.6 Å². The van der Waals surface area contributed by atoms with E-state index in [-0.39, 0.29) is 5.91 Å². The molecule has 140 valence electrons. The van der Waals surface area contributed by atoms with E-state index in [1.165, 1.54) is 16.8 Å². The predicted molar refractivity (Wildman–Crippen MR) is 108 cm³/mol. The average Bonchev–Trinajstić information content (AvgIpc) is 2.99. The molecule has 3 aromatic rings. The zero-order valence-corrected chi connectivity index (χ0v) is 16.0. The Morgan fingerprint density at radius 1 is 1.22 bits per heavy atom. The summed E-state index contributed by atoms with van der Waals surface area (Å²) >= 11 is 0. The number of methoxy groups -OCH3 is 1. The number of rotatable bonds is 3. The molecule has 0 bridgehead atoms. The van der Waals surface area contributed by atoms with Crippen LogP contribution in [0.5, 0.6) is 5.75 Å². The summed E-state index contributed by atoms with van der Waals surface area (Å²) in [5.74, 6) is 0.844. The monoisotopic (exact) mass is 364 g/mol. The van der Waals surface area contributed by atoms with Crippen LogP contribution in [0.2, 0.25) is 0 Å². The second kappa shape index (κ2) is 6.61. The molecule has 0 saturated carbocycles. The summed E-state index contributed by atoms with van der Waals surface area (Å²) < 4.78 is 7.90. The number of ether oxygens (including phenoxy) is 1. The Bertz CT molecular complexity index is 1050. The Morgan fingerprint density at radius 3 is 2.63 bits per heavy atom. The molecule has 0 aliphatic carbocycles. The molecule has 4 rings (SSSR count). The maximum atomic E-state index is 11.8. The number of piperazine rings is 1. The molecule has 1 saturated heterocycles. The first-order chi connectivity index (χ1) is 13.0. The average molecular weight is 364 g/mol. The normalized spacial score (nSPS) is 14.8. The van der Waals surface area contributed by atoms with Crippen molar-refractivity contribution in [2.75, 3.05) is 38.2 Å². The van der Waals surface area contributed by atoms with E-state index >= 15 is 0 Å². The zero-order chi connectivity index (χ0) is 19.1. The van der Waals surface area contributed by atoms with Crippen molar-refractivity contribution in [1.82, 2.24) is 14.5 Å². The summed E-state index contributed by atoms with van der Waals surface area (Å²) in [6.07, 6.45) is 3.25. The first-order valence-corrected chi connectivity index (χ1v) is 9.13. The number of carbonyl (C=O) groups excluding carboxylic acids is 1. The van der Waals surface area contributed by atoms with Gasteiger partial charge in [0.1, 0.15) is 5.75 Å². The maximum absolute atomic E-state index is 11.8. The van der Waals surface area contributed by atoms with Gasteiger partial charge in [0.2, 0.25) is 5.91 Å². The Kier molecular flexibility index (Phi) is 4.26. The van der Waals surface area contributed by atoms with E-state index < -0.39 is 0 Å². The topological polar surface area (TPSA) is 50.6 Å². The highest BCUT2D eigenvalue weighted by molar-refractivity contribution is 6.10. The Hall–Kier alpha value is -3.02. The van der Waals surface area contributed by atoms with Crippen molar-refractivity contribution in [3.05, 3.63) is 42.7 Å². The van der Waals surface area contributed by atoms with Gasteiger partial charge in [-0.3, -0.25) is 9.78 Å². The van der Waals surface area contributed by atoms with Crippen molar-refractivity contribution in [1.29, 1.82) is 0 Å². The van der Waals surface area contributed by atoms with Crippen molar-refractivity contribution in [3.8, 4) is 5.75 Å².